The Kier molecular flexibility index (Phi) is 4.42. The Morgan fingerprint density at radius 2 is 2.31 bits per heavy atom. The molecule has 0 aliphatic heterocycles. The first-order chi connectivity index (χ1) is 7.56. The number of carbonyl (C=O) groups is 2. The minimum absolute atomic E-state index is 0.111. The Bertz CT molecular complexity index is 364. The molecule has 0 unspecified atom stereocenters. The summed E-state index contributed by atoms with van der Waals surface area (Å²) in [5, 5.41) is 13.1. The maximum Gasteiger partial charge on any atom is 0.326 e. The zero-order valence-corrected chi connectivity index (χ0v) is 9.95. The van der Waals surface area contributed by atoms with Gasteiger partial charge in [0.1, 0.15) is 11.7 Å². The fourth-order valence-electron chi connectivity index (χ4n) is 1.22. The van der Waals surface area contributed by atoms with E-state index in [1.54, 1.807) is 12.3 Å². The molecule has 0 aliphatic rings. The molecule has 6 heteroatoms. The lowest BCUT2D eigenvalue weighted by Gasteiger charge is -2.19. The Morgan fingerprint density at radius 1 is 1.62 bits per heavy atom. The van der Waals surface area contributed by atoms with Crippen molar-refractivity contribution in [3.63, 3.8) is 0 Å². The van der Waals surface area contributed by atoms with Crippen molar-refractivity contribution < 1.29 is 14.7 Å². The van der Waals surface area contributed by atoms with Crippen LogP contribution in [0.3, 0.4) is 0 Å². The Hall–Kier alpha value is -1.43. The number of thiazole rings is 1. The van der Waals surface area contributed by atoms with Gasteiger partial charge in [-0.1, -0.05) is 20.3 Å². The SMILES string of the molecule is CC[C@H](C)[C@H](NC(=O)c1cscn1)C(=O)O. The minimum atomic E-state index is -1.02. The summed E-state index contributed by atoms with van der Waals surface area (Å²) in [6, 6.07) is -0.862. The lowest BCUT2D eigenvalue weighted by atomic mass is 9.99. The predicted molar refractivity (Wildman–Crippen MR) is 60.5 cm³/mol. The first kappa shape index (κ1) is 12.6. The van der Waals surface area contributed by atoms with E-state index in [9.17, 15) is 9.59 Å². The van der Waals surface area contributed by atoms with Crippen LogP contribution in [0, 0.1) is 5.92 Å². The van der Waals surface area contributed by atoms with Crippen molar-refractivity contribution in [1.29, 1.82) is 0 Å². The fourth-order valence-corrected chi connectivity index (χ4v) is 1.76. The number of aromatic nitrogens is 1. The fraction of sp³-hybridized carbons (Fsp3) is 0.500. The van der Waals surface area contributed by atoms with Crippen LogP contribution in [-0.4, -0.2) is 28.0 Å². The van der Waals surface area contributed by atoms with E-state index in [4.69, 9.17) is 5.11 Å². The average molecular weight is 242 g/mol. The van der Waals surface area contributed by atoms with E-state index in [1.165, 1.54) is 16.8 Å². The number of rotatable bonds is 5. The highest BCUT2D eigenvalue weighted by atomic mass is 32.1. The molecule has 0 aromatic carbocycles. The summed E-state index contributed by atoms with van der Waals surface area (Å²) in [6.07, 6.45) is 0.689. The molecule has 1 heterocycles. The number of hydrogen-bond donors (Lipinski definition) is 2. The standard InChI is InChI=1S/C10H14N2O3S/c1-3-6(2)8(10(14)15)12-9(13)7-4-16-5-11-7/h4-6,8H,3H2,1-2H3,(H,12,13)(H,14,15)/t6-,8-/m0/s1. The third kappa shape index (κ3) is 3.03. The van der Waals surface area contributed by atoms with Crippen LogP contribution in [0.5, 0.6) is 0 Å². The Balaban J connectivity index is 2.69. The quantitative estimate of drug-likeness (QED) is 0.817. The highest BCUT2D eigenvalue weighted by molar-refractivity contribution is 7.07. The van der Waals surface area contributed by atoms with Gasteiger partial charge in [-0.25, -0.2) is 9.78 Å². The summed E-state index contributed by atoms with van der Waals surface area (Å²) in [5.74, 6) is -1.56. The normalized spacial score (nSPS) is 14.1. The van der Waals surface area contributed by atoms with Gasteiger partial charge in [-0.2, -0.15) is 0 Å². The van der Waals surface area contributed by atoms with Crippen LogP contribution in [0.25, 0.3) is 0 Å². The third-order valence-corrected chi connectivity index (χ3v) is 3.02. The number of carbonyl (C=O) groups excluding carboxylic acids is 1. The second kappa shape index (κ2) is 5.60. The van der Waals surface area contributed by atoms with Crippen molar-refractivity contribution >= 4 is 23.2 Å². The monoisotopic (exact) mass is 242 g/mol. The first-order valence-corrected chi connectivity index (χ1v) is 5.92. The molecule has 1 aromatic heterocycles. The van der Waals surface area contributed by atoms with Crippen LogP contribution in [0.2, 0.25) is 0 Å². The number of carboxylic acids is 1. The molecule has 1 aromatic rings. The molecule has 2 N–H and O–H groups in total. The molecule has 88 valence electrons. The molecule has 0 saturated carbocycles. The second-order valence-corrected chi connectivity index (χ2v) is 4.27. The molecular formula is C10H14N2O3S. The molecule has 0 aliphatic carbocycles. The lowest BCUT2D eigenvalue weighted by molar-refractivity contribution is -0.140. The van der Waals surface area contributed by atoms with E-state index in [2.05, 4.69) is 10.3 Å². The Morgan fingerprint density at radius 3 is 2.75 bits per heavy atom. The van der Waals surface area contributed by atoms with Crippen LogP contribution in [0.4, 0.5) is 0 Å². The van der Waals surface area contributed by atoms with Crippen molar-refractivity contribution in [3.8, 4) is 0 Å². The van der Waals surface area contributed by atoms with E-state index in [0.29, 0.717) is 6.42 Å². The van der Waals surface area contributed by atoms with Gasteiger partial charge in [0.25, 0.3) is 5.91 Å². The molecule has 1 amide bonds. The van der Waals surface area contributed by atoms with E-state index in [0.717, 1.165) is 0 Å². The third-order valence-electron chi connectivity index (χ3n) is 2.43. The van der Waals surface area contributed by atoms with Gasteiger partial charge in [0.05, 0.1) is 5.51 Å². The van der Waals surface area contributed by atoms with Crippen LogP contribution < -0.4 is 5.32 Å². The zero-order valence-electron chi connectivity index (χ0n) is 9.14. The molecule has 0 radical (unpaired) electrons. The largest absolute Gasteiger partial charge is 0.480 e. The molecule has 1 rings (SSSR count). The van der Waals surface area contributed by atoms with Crippen LogP contribution in [0.15, 0.2) is 10.9 Å². The van der Waals surface area contributed by atoms with Crippen molar-refractivity contribution in [2.75, 3.05) is 0 Å². The van der Waals surface area contributed by atoms with E-state index in [-0.39, 0.29) is 11.6 Å². The van der Waals surface area contributed by atoms with Gasteiger partial charge >= 0.3 is 5.97 Å². The summed E-state index contributed by atoms with van der Waals surface area (Å²) >= 11 is 1.30. The van der Waals surface area contributed by atoms with Gasteiger partial charge in [0.2, 0.25) is 0 Å². The highest BCUT2D eigenvalue weighted by Gasteiger charge is 2.26. The number of aliphatic carboxylic acids is 1. The number of amides is 1. The maximum absolute atomic E-state index is 11.6. The van der Waals surface area contributed by atoms with Gasteiger partial charge in [-0.05, 0) is 5.92 Å². The molecular weight excluding hydrogens is 228 g/mol. The van der Waals surface area contributed by atoms with Crippen LogP contribution >= 0.6 is 11.3 Å². The minimum Gasteiger partial charge on any atom is -0.480 e. The molecule has 0 saturated heterocycles. The van der Waals surface area contributed by atoms with Crippen molar-refractivity contribution in [1.82, 2.24) is 10.3 Å². The second-order valence-electron chi connectivity index (χ2n) is 3.55. The van der Waals surface area contributed by atoms with E-state index in [1.807, 2.05) is 6.92 Å². The molecule has 2 atom stereocenters. The van der Waals surface area contributed by atoms with Crippen LogP contribution in [-0.2, 0) is 4.79 Å². The number of nitrogens with one attached hydrogen (secondary N) is 1. The van der Waals surface area contributed by atoms with Gasteiger partial charge in [0, 0.05) is 5.38 Å². The predicted octanol–water partition coefficient (Wildman–Crippen LogP) is 1.37. The van der Waals surface area contributed by atoms with Gasteiger partial charge < -0.3 is 10.4 Å². The topological polar surface area (TPSA) is 79.3 Å². The Labute approximate surface area is 97.5 Å². The average Bonchev–Trinajstić information content (AvgIpc) is 2.77. The summed E-state index contributed by atoms with van der Waals surface area (Å²) in [6.45, 7) is 3.68. The molecule has 0 spiro atoms. The number of carboxylic acid groups (broad SMARTS) is 1. The maximum atomic E-state index is 11.6. The van der Waals surface area contributed by atoms with Crippen molar-refractivity contribution in [3.05, 3.63) is 16.6 Å². The summed E-state index contributed by atoms with van der Waals surface area (Å²) in [5.41, 5.74) is 1.80. The first-order valence-electron chi connectivity index (χ1n) is 4.98. The zero-order chi connectivity index (χ0) is 12.1. The number of nitrogens with zero attached hydrogens (tertiary/aromatic N) is 1. The molecule has 0 bridgehead atoms. The van der Waals surface area contributed by atoms with E-state index >= 15 is 0 Å². The van der Waals surface area contributed by atoms with Crippen molar-refractivity contribution in [2.24, 2.45) is 5.92 Å². The van der Waals surface area contributed by atoms with E-state index < -0.39 is 17.9 Å². The molecule has 16 heavy (non-hydrogen) atoms. The molecule has 5 nitrogen and oxygen atoms in total. The highest BCUT2D eigenvalue weighted by Crippen LogP contribution is 2.09. The van der Waals surface area contributed by atoms with Gasteiger partial charge in [-0.15, -0.1) is 11.3 Å². The summed E-state index contributed by atoms with van der Waals surface area (Å²) in [7, 11) is 0. The van der Waals surface area contributed by atoms with Gasteiger partial charge in [-0.3, -0.25) is 4.79 Å². The lowest BCUT2D eigenvalue weighted by Crippen LogP contribution is -2.45. The smallest absolute Gasteiger partial charge is 0.326 e. The van der Waals surface area contributed by atoms with Crippen LogP contribution in [0.1, 0.15) is 30.8 Å². The van der Waals surface area contributed by atoms with Crippen molar-refractivity contribution in [2.45, 2.75) is 26.3 Å². The summed E-state index contributed by atoms with van der Waals surface area (Å²) in [4.78, 5) is 26.4. The summed E-state index contributed by atoms with van der Waals surface area (Å²) < 4.78 is 0. The number of hydrogen-bond acceptors (Lipinski definition) is 4. The van der Waals surface area contributed by atoms with Gasteiger partial charge in [0.15, 0.2) is 0 Å². The molecule has 0 fully saturated rings.